The van der Waals surface area contributed by atoms with Crippen molar-refractivity contribution in [2.24, 2.45) is 0 Å². The van der Waals surface area contributed by atoms with Gasteiger partial charge >= 0.3 is 0 Å². The highest BCUT2D eigenvalue weighted by Gasteiger charge is 2.34. The van der Waals surface area contributed by atoms with E-state index in [4.69, 9.17) is 4.74 Å². The number of benzene rings is 2. The Kier molecular flexibility index (Phi) is 5.28. The fourth-order valence-electron chi connectivity index (χ4n) is 3.12. The van der Waals surface area contributed by atoms with Crippen LogP contribution >= 0.6 is 0 Å². The first-order valence-electron chi connectivity index (χ1n) is 8.86. The van der Waals surface area contributed by atoms with Gasteiger partial charge in [0.1, 0.15) is 5.82 Å². The predicted octanol–water partition coefficient (Wildman–Crippen LogP) is 3.64. The molecular formula is C21H23FN2O3. The maximum absolute atomic E-state index is 13.8. The summed E-state index contributed by atoms with van der Waals surface area (Å²) in [5.74, 6) is -1.26. The van der Waals surface area contributed by atoms with Gasteiger partial charge in [0.05, 0.1) is 24.3 Å². The fraction of sp³-hybridized carbons (Fsp3) is 0.333. The van der Waals surface area contributed by atoms with E-state index in [1.54, 1.807) is 29.2 Å². The van der Waals surface area contributed by atoms with Crippen molar-refractivity contribution in [3.05, 3.63) is 65.0 Å². The molecule has 6 heteroatoms. The van der Waals surface area contributed by atoms with Crippen LogP contribution in [0.25, 0.3) is 0 Å². The van der Waals surface area contributed by atoms with Crippen LogP contribution in [0.1, 0.15) is 40.1 Å². The molecule has 3 rings (SSSR count). The van der Waals surface area contributed by atoms with Crippen LogP contribution in [0, 0.1) is 12.7 Å². The minimum absolute atomic E-state index is 0.0389. The summed E-state index contributed by atoms with van der Waals surface area (Å²) in [6, 6.07) is 10.9. The lowest BCUT2D eigenvalue weighted by Gasteiger charge is -2.42. The van der Waals surface area contributed by atoms with E-state index in [0.717, 1.165) is 5.56 Å². The van der Waals surface area contributed by atoms with E-state index in [2.05, 4.69) is 5.32 Å². The molecule has 1 fully saturated rings. The number of anilines is 1. The standard InChI is InChI=1S/C21H23FN2O3/c1-14-8-9-15(20(26)24-10-11-27-13-21(24,2)3)12-18(14)23-19(25)16-6-4-5-7-17(16)22/h4-9,12H,10-11,13H2,1-3H3,(H,23,25). The second kappa shape index (κ2) is 7.48. The van der Waals surface area contributed by atoms with Crippen molar-refractivity contribution >= 4 is 17.5 Å². The molecule has 27 heavy (non-hydrogen) atoms. The molecule has 0 atom stereocenters. The minimum Gasteiger partial charge on any atom is -0.377 e. The van der Waals surface area contributed by atoms with Gasteiger partial charge in [-0.05, 0) is 50.6 Å². The lowest BCUT2D eigenvalue weighted by Crippen LogP contribution is -2.55. The number of ether oxygens (including phenoxy) is 1. The highest BCUT2D eigenvalue weighted by molar-refractivity contribution is 6.05. The molecule has 0 aliphatic carbocycles. The number of hydrogen-bond acceptors (Lipinski definition) is 3. The van der Waals surface area contributed by atoms with Gasteiger partial charge in [-0.3, -0.25) is 9.59 Å². The summed E-state index contributed by atoms with van der Waals surface area (Å²) >= 11 is 0. The second-order valence-corrected chi connectivity index (χ2v) is 7.29. The third-order valence-electron chi connectivity index (χ3n) is 4.74. The SMILES string of the molecule is Cc1ccc(C(=O)N2CCOCC2(C)C)cc1NC(=O)c1ccccc1F. The van der Waals surface area contributed by atoms with Crippen LogP contribution in [0.15, 0.2) is 42.5 Å². The predicted molar refractivity (Wildman–Crippen MR) is 101 cm³/mol. The summed E-state index contributed by atoms with van der Waals surface area (Å²) in [4.78, 5) is 27.2. The molecule has 0 radical (unpaired) electrons. The van der Waals surface area contributed by atoms with Crippen molar-refractivity contribution in [3.63, 3.8) is 0 Å². The Balaban J connectivity index is 1.85. The van der Waals surface area contributed by atoms with E-state index in [-0.39, 0.29) is 11.5 Å². The monoisotopic (exact) mass is 370 g/mol. The Hall–Kier alpha value is -2.73. The molecule has 2 amide bonds. The normalized spacial score (nSPS) is 16.1. The number of aryl methyl sites for hydroxylation is 1. The quantitative estimate of drug-likeness (QED) is 0.897. The van der Waals surface area contributed by atoms with Gasteiger partial charge in [-0.1, -0.05) is 18.2 Å². The lowest BCUT2D eigenvalue weighted by molar-refractivity contribution is -0.0370. The summed E-state index contributed by atoms with van der Waals surface area (Å²) < 4.78 is 19.3. The van der Waals surface area contributed by atoms with Gasteiger partial charge in [0.15, 0.2) is 0 Å². The number of nitrogens with zero attached hydrogens (tertiary/aromatic N) is 1. The van der Waals surface area contributed by atoms with Gasteiger partial charge in [-0.2, -0.15) is 0 Å². The molecule has 1 heterocycles. The van der Waals surface area contributed by atoms with Crippen LogP contribution in [0.3, 0.4) is 0 Å². The molecule has 1 N–H and O–H groups in total. The molecule has 2 aromatic carbocycles. The number of amides is 2. The van der Waals surface area contributed by atoms with Gasteiger partial charge in [0.25, 0.3) is 11.8 Å². The third-order valence-corrected chi connectivity index (χ3v) is 4.74. The summed E-state index contributed by atoms with van der Waals surface area (Å²) in [5, 5.41) is 2.71. The first-order valence-corrected chi connectivity index (χ1v) is 8.86. The van der Waals surface area contributed by atoms with Crippen LogP contribution in [0.4, 0.5) is 10.1 Å². The van der Waals surface area contributed by atoms with E-state index in [9.17, 15) is 14.0 Å². The Labute approximate surface area is 158 Å². The van der Waals surface area contributed by atoms with Crippen LogP contribution in [-0.4, -0.2) is 42.0 Å². The number of hydrogen-bond donors (Lipinski definition) is 1. The fourth-order valence-corrected chi connectivity index (χ4v) is 3.12. The zero-order chi connectivity index (χ0) is 19.6. The zero-order valence-corrected chi connectivity index (χ0v) is 15.7. The topological polar surface area (TPSA) is 58.6 Å². The number of rotatable bonds is 3. The van der Waals surface area contributed by atoms with Gasteiger partial charge in [0, 0.05) is 17.8 Å². The smallest absolute Gasteiger partial charge is 0.258 e. The highest BCUT2D eigenvalue weighted by atomic mass is 19.1. The number of morpholine rings is 1. The molecule has 0 bridgehead atoms. The number of nitrogens with one attached hydrogen (secondary N) is 1. The third kappa shape index (κ3) is 4.01. The van der Waals surface area contributed by atoms with Crippen molar-refractivity contribution in [2.45, 2.75) is 26.3 Å². The van der Waals surface area contributed by atoms with Crippen molar-refractivity contribution < 1.29 is 18.7 Å². The van der Waals surface area contributed by atoms with Crippen LogP contribution < -0.4 is 5.32 Å². The van der Waals surface area contributed by atoms with E-state index in [1.165, 1.54) is 18.2 Å². The van der Waals surface area contributed by atoms with Crippen molar-refractivity contribution in [1.29, 1.82) is 0 Å². The van der Waals surface area contributed by atoms with Crippen LogP contribution in [0.5, 0.6) is 0 Å². The van der Waals surface area contributed by atoms with E-state index in [1.807, 2.05) is 20.8 Å². The molecule has 1 saturated heterocycles. The van der Waals surface area contributed by atoms with Crippen molar-refractivity contribution in [2.75, 3.05) is 25.1 Å². The maximum Gasteiger partial charge on any atom is 0.258 e. The molecule has 1 aliphatic heterocycles. The zero-order valence-electron chi connectivity index (χ0n) is 15.7. The first kappa shape index (κ1) is 19.0. The molecule has 0 aromatic heterocycles. The lowest BCUT2D eigenvalue weighted by atomic mass is 10.00. The Morgan fingerprint density at radius 2 is 1.93 bits per heavy atom. The summed E-state index contributed by atoms with van der Waals surface area (Å²) in [5.41, 5.74) is 1.30. The van der Waals surface area contributed by atoms with Crippen LogP contribution in [-0.2, 0) is 4.74 Å². The summed E-state index contributed by atoms with van der Waals surface area (Å²) in [6.45, 7) is 7.22. The number of carbonyl (C=O) groups is 2. The second-order valence-electron chi connectivity index (χ2n) is 7.29. The molecule has 0 unspecified atom stereocenters. The Morgan fingerprint density at radius 3 is 2.63 bits per heavy atom. The van der Waals surface area contributed by atoms with Crippen molar-refractivity contribution in [3.8, 4) is 0 Å². The maximum atomic E-state index is 13.8. The first-order chi connectivity index (χ1) is 12.8. The van der Waals surface area contributed by atoms with E-state index < -0.39 is 17.3 Å². The average Bonchev–Trinajstić information content (AvgIpc) is 2.63. The Bertz CT molecular complexity index is 879. The molecule has 5 nitrogen and oxygen atoms in total. The van der Waals surface area contributed by atoms with Gasteiger partial charge in [-0.15, -0.1) is 0 Å². The molecule has 0 spiro atoms. The van der Waals surface area contributed by atoms with Gasteiger partial charge in [0.2, 0.25) is 0 Å². The van der Waals surface area contributed by atoms with E-state index in [0.29, 0.717) is 31.0 Å². The number of halogens is 1. The Morgan fingerprint density at radius 1 is 1.19 bits per heavy atom. The molecule has 142 valence electrons. The minimum atomic E-state index is -0.588. The molecule has 0 saturated carbocycles. The van der Waals surface area contributed by atoms with E-state index >= 15 is 0 Å². The summed E-state index contributed by atoms with van der Waals surface area (Å²) in [6.07, 6.45) is 0. The average molecular weight is 370 g/mol. The van der Waals surface area contributed by atoms with Crippen molar-refractivity contribution in [1.82, 2.24) is 4.90 Å². The number of carbonyl (C=O) groups excluding carboxylic acids is 2. The molecule has 2 aromatic rings. The van der Waals surface area contributed by atoms with Crippen LogP contribution in [0.2, 0.25) is 0 Å². The van der Waals surface area contributed by atoms with Gasteiger partial charge < -0.3 is 15.0 Å². The van der Waals surface area contributed by atoms with Gasteiger partial charge in [-0.25, -0.2) is 4.39 Å². The largest absolute Gasteiger partial charge is 0.377 e. The highest BCUT2D eigenvalue weighted by Crippen LogP contribution is 2.24. The summed E-state index contributed by atoms with van der Waals surface area (Å²) in [7, 11) is 0. The molecule has 1 aliphatic rings. The molecular weight excluding hydrogens is 347 g/mol.